The summed E-state index contributed by atoms with van der Waals surface area (Å²) in [6, 6.07) is 16.2. The summed E-state index contributed by atoms with van der Waals surface area (Å²) >= 11 is 0. The fraction of sp³-hybridized carbons (Fsp3) is 0.200. The number of benzene rings is 2. The van der Waals surface area contributed by atoms with Gasteiger partial charge in [-0.3, -0.25) is 9.69 Å². The number of nitrogens with one attached hydrogen (secondary N) is 2. The number of sulfonamides is 1. The Bertz CT molecular complexity index is 1480. The second kappa shape index (κ2) is 8.76. The van der Waals surface area contributed by atoms with Crippen LogP contribution in [0.3, 0.4) is 0 Å². The summed E-state index contributed by atoms with van der Waals surface area (Å²) < 4.78 is 28.1. The highest BCUT2D eigenvalue weighted by Crippen LogP contribution is 2.37. The molecule has 0 bridgehead atoms. The van der Waals surface area contributed by atoms with Crippen molar-refractivity contribution in [2.24, 2.45) is 0 Å². The molecule has 2 aliphatic heterocycles. The van der Waals surface area contributed by atoms with Gasteiger partial charge in [0.25, 0.3) is 15.9 Å². The van der Waals surface area contributed by atoms with Crippen LogP contribution in [0.5, 0.6) is 0 Å². The minimum Gasteiger partial charge on any atom is -0.327 e. The molecule has 2 aromatic carbocycles. The van der Waals surface area contributed by atoms with E-state index in [-0.39, 0.29) is 29.3 Å². The van der Waals surface area contributed by atoms with Gasteiger partial charge in [-0.1, -0.05) is 30.3 Å². The van der Waals surface area contributed by atoms with Crippen LogP contribution >= 0.6 is 0 Å². The van der Waals surface area contributed by atoms with E-state index in [0.29, 0.717) is 28.3 Å². The van der Waals surface area contributed by atoms with Crippen molar-refractivity contribution in [3.8, 4) is 0 Å². The average Bonchev–Trinajstić information content (AvgIpc) is 3.18. The van der Waals surface area contributed by atoms with Gasteiger partial charge in [-0.05, 0) is 49.7 Å². The number of aromatic nitrogens is 2. The highest BCUT2D eigenvalue weighted by molar-refractivity contribution is 7.92. The number of amides is 3. The summed E-state index contributed by atoms with van der Waals surface area (Å²) in [6.45, 7) is 3.71. The second-order valence-electron chi connectivity index (χ2n) is 8.68. The van der Waals surface area contributed by atoms with Crippen molar-refractivity contribution in [1.29, 1.82) is 0 Å². The van der Waals surface area contributed by atoms with Gasteiger partial charge in [-0.2, -0.15) is 0 Å². The van der Waals surface area contributed by atoms with E-state index in [1.165, 1.54) is 21.9 Å². The van der Waals surface area contributed by atoms with E-state index in [2.05, 4.69) is 20.0 Å². The lowest BCUT2D eigenvalue weighted by Gasteiger charge is -2.31. The molecule has 3 heterocycles. The Hall–Kier alpha value is -4.25. The van der Waals surface area contributed by atoms with Crippen LogP contribution in [-0.4, -0.2) is 48.8 Å². The van der Waals surface area contributed by atoms with Gasteiger partial charge < -0.3 is 10.2 Å². The first-order chi connectivity index (χ1) is 17.1. The molecule has 36 heavy (non-hydrogen) atoms. The van der Waals surface area contributed by atoms with Gasteiger partial charge in [0.15, 0.2) is 0 Å². The number of aryl methyl sites for hydroxylation is 2. The SMILES string of the molecule is Cc1cc(C)nc(NS(=O)(=O)c2ccc(N3CC4=C(C3=O)[C@H](c3ccccc3)NC(=O)N4C)cc2)n1. The van der Waals surface area contributed by atoms with E-state index in [0.717, 1.165) is 5.56 Å². The first-order valence-electron chi connectivity index (χ1n) is 11.2. The molecule has 5 rings (SSSR count). The van der Waals surface area contributed by atoms with Crippen LogP contribution in [0.4, 0.5) is 16.4 Å². The molecule has 3 amide bonds. The Morgan fingerprint density at radius 2 is 1.61 bits per heavy atom. The first-order valence-corrected chi connectivity index (χ1v) is 12.7. The molecule has 0 radical (unpaired) electrons. The number of carbonyl (C=O) groups is 2. The molecule has 3 aromatic rings. The van der Waals surface area contributed by atoms with Gasteiger partial charge in [-0.25, -0.2) is 27.9 Å². The summed E-state index contributed by atoms with van der Waals surface area (Å²) in [5, 5.41) is 2.90. The Labute approximate surface area is 208 Å². The summed E-state index contributed by atoms with van der Waals surface area (Å²) in [4.78, 5) is 37.3. The Kier molecular flexibility index (Phi) is 5.71. The Morgan fingerprint density at radius 1 is 0.972 bits per heavy atom. The maximum Gasteiger partial charge on any atom is 0.322 e. The van der Waals surface area contributed by atoms with E-state index in [1.807, 2.05) is 30.3 Å². The third kappa shape index (κ3) is 4.17. The Balaban J connectivity index is 1.41. The maximum absolute atomic E-state index is 13.5. The molecule has 0 aliphatic carbocycles. The third-order valence-corrected chi connectivity index (χ3v) is 7.50. The number of rotatable bonds is 5. The quantitative estimate of drug-likeness (QED) is 0.551. The van der Waals surface area contributed by atoms with Crippen LogP contribution in [0.1, 0.15) is 23.0 Å². The van der Waals surface area contributed by atoms with Crippen molar-refractivity contribution >= 4 is 33.6 Å². The van der Waals surface area contributed by atoms with Crippen molar-refractivity contribution < 1.29 is 18.0 Å². The smallest absolute Gasteiger partial charge is 0.322 e. The minimum absolute atomic E-state index is 0.00432. The largest absolute Gasteiger partial charge is 0.327 e. The van der Waals surface area contributed by atoms with Crippen molar-refractivity contribution in [2.45, 2.75) is 24.8 Å². The minimum atomic E-state index is -3.93. The van der Waals surface area contributed by atoms with Gasteiger partial charge in [0, 0.05) is 24.1 Å². The summed E-state index contributed by atoms with van der Waals surface area (Å²) in [7, 11) is -2.31. The molecular formula is C25H24N6O4S. The molecule has 0 unspecified atom stereocenters. The molecule has 1 aromatic heterocycles. The number of carbonyl (C=O) groups excluding carboxylic acids is 2. The summed E-state index contributed by atoms with van der Waals surface area (Å²) in [5.41, 5.74) is 3.72. The fourth-order valence-corrected chi connectivity index (χ4v) is 5.37. The highest BCUT2D eigenvalue weighted by Gasteiger charge is 2.43. The zero-order chi connectivity index (χ0) is 25.6. The van der Waals surface area contributed by atoms with Crippen molar-refractivity contribution in [2.75, 3.05) is 23.2 Å². The van der Waals surface area contributed by atoms with Crippen LogP contribution in [-0.2, 0) is 14.8 Å². The monoisotopic (exact) mass is 504 g/mol. The lowest BCUT2D eigenvalue weighted by atomic mass is 9.96. The second-order valence-corrected chi connectivity index (χ2v) is 10.4. The van der Waals surface area contributed by atoms with Gasteiger partial charge in [0.2, 0.25) is 5.95 Å². The Morgan fingerprint density at radius 3 is 2.25 bits per heavy atom. The molecule has 184 valence electrons. The first kappa shape index (κ1) is 23.5. The van der Waals surface area contributed by atoms with E-state index < -0.39 is 16.1 Å². The number of likely N-dealkylation sites (N-methyl/N-ethyl adjacent to an activating group) is 1. The van der Waals surface area contributed by atoms with Crippen LogP contribution in [0, 0.1) is 13.8 Å². The topological polar surface area (TPSA) is 125 Å². The van der Waals surface area contributed by atoms with E-state index in [4.69, 9.17) is 0 Å². The molecule has 10 nitrogen and oxygen atoms in total. The van der Waals surface area contributed by atoms with Crippen LogP contribution in [0.15, 0.2) is 76.8 Å². The van der Waals surface area contributed by atoms with E-state index in [1.54, 1.807) is 39.1 Å². The van der Waals surface area contributed by atoms with Crippen molar-refractivity contribution in [3.63, 3.8) is 0 Å². The molecule has 0 saturated carbocycles. The van der Waals surface area contributed by atoms with Gasteiger partial charge >= 0.3 is 6.03 Å². The number of nitrogens with zero attached hydrogens (tertiary/aromatic N) is 4. The highest BCUT2D eigenvalue weighted by atomic mass is 32.2. The predicted octanol–water partition coefficient (Wildman–Crippen LogP) is 2.89. The van der Waals surface area contributed by atoms with Crippen LogP contribution in [0.2, 0.25) is 0 Å². The molecule has 0 saturated heterocycles. The molecule has 0 fully saturated rings. The third-order valence-electron chi connectivity index (χ3n) is 6.16. The lowest BCUT2D eigenvalue weighted by molar-refractivity contribution is -0.114. The average molecular weight is 505 g/mol. The van der Waals surface area contributed by atoms with Crippen molar-refractivity contribution in [1.82, 2.24) is 20.2 Å². The molecular weight excluding hydrogens is 480 g/mol. The predicted molar refractivity (Wildman–Crippen MR) is 134 cm³/mol. The molecule has 11 heteroatoms. The number of hydrogen-bond acceptors (Lipinski definition) is 6. The lowest BCUT2D eigenvalue weighted by Crippen LogP contribution is -2.45. The van der Waals surface area contributed by atoms with Crippen LogP contribution < -0.4 is 14.9 Å². The van der Waals surface area contributed by atoms with E-state index >= 15 is 0 Å². The summed E-state index contributed by atoms with van der Waals surface area (Å²) in [5.74, 6) is -0.251. The standard InChI is InChI=1S/C25H24N6O4S/c1-15-13-16(2)27-24(26-15)29-36(34,35)19-11-9-18(10-12-19)31-14-20-21(23(31)32)22(28-25(33)30(20)3)17-7-5-4-6-8-17/h4-13,22H,14H2,1-3H3,(H,28,33)(H,26,27,29)/t22-/m0/s1. The van der Waals surface area contributed by atoms with Gasteiger partial charge in [0.1, 0.15) is 0 Å². The summed E-state index contributed by atoms with van der Waals surface area (Å²) in [6.07, 6.45) is 0. The molecule has 1 atom stereocenters. The normalized spacial score (nSPS) is 17.8. The molecule has 0 spiro atoms. The fourth-order valence-electron chi connectivity index (χ4n) is 4.43. The zero-order valence-electron chi connectivity index (χ0n) is 19.9. The molecule has 2 aliphatic rings. The van der Waals surface area contributed by atoms with Gasteiger partial charge in [-0.15, -0.1) is 0 Å². The zero-order valence-corrected chi connectivity index (χ0v) is 20.7. The van der Waals surface area contributed by atoms with Crippen molar-refractivity contribution in [3.05, 3.63) is 88.9 Å². The van der Waals surface area contributed by atoms with Gasteiger partial charge in [0.05, 0.1) is 28.8 Å². The van der Waals surface area contributed by atoms with E-state index in [9.17, 15) is 18.0 Å². The maximum atomic E-state index is 13.5. The molecule has 2 N–H and O–H groups in total. The number of hydrogen-bond donors (Lipinski definition) is 2. The van der Waals surface area contributed by atoms with Crippen LogP contribution in [0.25, 0.3) is 0 Å². The number of anilines is 2. The number of urea groups is 1.